The molecular weight excluding hydrogens is 607 g/mol. The summed E-state index contributed by atoms with van der Waals surface area (Å²) in [6.07, 6.45) is 10.9. The molecule has 0 amide bonds. The van der Waals surface area contributed by atoms with Crippen molar-refractivity contribution in [2.45, 2.75) is 51.4 Å². The fourth-order valence-electron chi connectivity index (χ4n) is 9.20. The minimum atomic E-state index is -0.133. The Bertz CT molecular complexity index is 2580. The van der Waals surface area contributed by atoms with Gasteiger partial charge >= 0.3 is 0 Å². The Balaban J connectivity index is 1.10. The van der Waals surface area contributed by atoms with Crippen LogP contribution >= 0.6 is 0 Å². The summed E-state index contributed by atoms with van der Waals surface area (Å²) in [7, 11) is 0. The summed E-state index contributed by atoms with van der Waals surface area (Å²) in [6.45, 7) is 9.63. The largest absolute Gasteiger partial charge is 0.310 e. The van der Waals surface area contributed by atoms with Gasteiger partial charge in [-0.15, -0.1) is 0 Å². The van der Waals surface area contributed by atoms with Crippen LogP contribution in [0.2, 0.25) is 0 Å². The summed E-state index contributed by atoms with van der Waals surface area (Å²) in [5.74, 6) is 0. The van der Waals surface area contributed by atoms with E-state index in [9.17, 15) is 0 Å². The third-order valence-corrected chi connectivity index (χ3v) is 11.8. The molecule has 0 saturated carbocycles. The number of fused-ring (bicyclic) bond motifs is 7. The number of nitrogens with zero attached hydrogens (tertiary/aromatic N) is 3. The Morgan fingerprint density at radius 2 is 1.36 bits per heavy atom. The zero-order valence-electron chi connectivity index (χ0n) is 29.0. The minimum absolute atomic E-state index is 0.0128. The van der Waals surface area contributed by atoms with E-state index in [2.05, 4.69) is 170 Å². The number of para-hydroxylation sites is 2. The lowest BCUT2D eigenvalue weighted by molar-refractivity contribution is 0.602. The van der Waals surface area contributed by atoms with Crippen LogP contribution in [-0.2, 0) is 10.8 Å². The first-order chi connectivity index (χ1) is 24.3. The van der Waals surface area contributed by atoms with Gasteiger partial charge in [0.25, 0.3) is 0 Å². The Morgan fingerprint density at radius 1 is 0.600 bits per heavy atom. The normalized spacial score (nSPS) is 16.8. The summed E-state index contributed by atoms with van der Waals surface area (Å²) in [6, 6.07) is 42.8. The standard InChI is InChI=1S/C47H39N3/c1-46(2)38-15-9-8-14-34(38)35-27-41-45(28-40(35)46)50(44-17-11-10-16-39(44)47(41,3)4)33-21-18-30(19-22-33)31-20-23-42-36(26-31)37-29-48-25-24-43(37)49(42)32-12-6-5-7-13-32/h5-8,10-14,16-29H,9,15H2,1-4H3. The molecule has 2 aromatic heterocycles. The average molecular weight is 646 g/mol. The van der Waals surface area contributed by atoms with E-state index in [4.69, 9.17) is 0 Å². The molecule has 0 radical (unpaired) electrons. The number of hydrogen-bond donors (Lipinski definition) is 0. The highest BCUT2D eigenvalue weighted by atomic mass is 15.2. The monoisotopic (exact) mass is 645 g/mol. The summed E-state index contributed by atoms with van der Waals surface area (Å²) in [5.41, 5.74) is 18.2. The van der Waals surface area contributed by atoms with Gasteiger partial charge in [-0.05, 0) is 112 Å². The Morgan fingerprint density at radius 3 is 2.20 bits per heavy atom. The maximum Gasteiger partial charge on any atom is 0.0571 e. The van der Waals surface area contributed by atoms with E-state index in [1.54, 1.807) is 5.57 Å². The molecular formula is C47H39N3. The molecule has 242 valence electrons. The van der Waals surface area contributed by atoms with Gasteiger partial charge in [-0.3, -0.25) is 4.98 Å². The van der Waals surface area contributed by atoms with Gasteiger partial charge in [0, 0.05) is 45.4 Å². The van der Waals surface area contributed by atoms with Crippen molar-refractivity contribution < 1.29 is 0 Å². The minimum Gasteiger partial charge on any atom is -0.310 e. The lowest BCUT2D eigenvalue weighted by Gasteiger charge is -2.43. The second-order valence-corrected chi connectivity index (χ2v) is 15.2. The van der Waals surface area contributed by atoms with E-state index in [-0.39, 0.29) is 10.8 Å². The van der Waals surface area contributed by atoms with E-state index in [1.807, 2.05) is 12.4 Å². The highest BCUT2D eigenvalue weighted by Gasteiger charge is 2.43. The molecule has 2 aliphatic carbocycles. The van der Waals surface area contributed by atoms with E-state index < -0.39 is 0 Å². The van der Waals surface area contributed by atoms with Crippen LogP contribution in [0.5, 0.6) is 0 Å². The highest BCUT2D eigenvalue weighted by Crippen LogP contribution is 2.57. The second kappa shape index (κ2) is 10.4. The molecule has 0 spiro atoms. The highest BCUT2D eigenvalue weighted by molar-refractivity contribution is 6.10. The van der Waals surface area contributed by atoms with Crippen LogP contribution in [0.3, 0.4) is 0 Å². The molecule has 3 heteroatoms. The van der Waals surface area contributed by atoms with Gasteiger partial charge in [-0.2, -0.15) is 0 Å². The number of allylic oxidation sites excluding steroid dienone is 4. The first-order valence-electron chi connectivity index (χ1n) is 17.9. The molecule has 3 heterocycles. The molecule has 0 N–H and O–H groups in total. The molecule has 0 unspecified atom stereocenters. The summed E-state index contributed by atoms with van der Waals surface area (Å²) < 4.78 is 2.34. The Kier molecular flexibility index (Phi) is 6.10. The predicted molar refractivity (Wildman–Crippen MR) is 209 cm³/mol. The van der Waals surface area contributed by atoms with Crippen LogP contribution in [0.15, 0.2) is 145 Å². The fraction of sp³-hybridized carbons (Fsp3) is 0.170. The van der Waals surface area contributed by atoms with Gasteiger partial charge in [0.1, 0.15) is 0 Å². The molecule has 0 fully saturated rings. The SMILES string of the molecule is CC1(C)C2=C(C=CCC2)c2cc3c(cc21)N(c1ccc(-c2ccc4c(c2)c2cnccc2n4-c2ccccc2)cc1)c1ccccc1C3(C)C. The molecule has 3 aliphatic rings. The van der Waals surface area contributed by atoms with Crippen LogP contribution in [0, 0.1) is 0 Å². The summed E-state index contributed by atoms with van der Waals surface area (Å²) in [4.78, 5) is 7.01. The van der Waals surface area contributed by atoms with Crippen LogP contribution < -0.4 is 4.90 Å². The van der Waals surface area contributed by atoms with Crippen molar-refractivity contribution in [3.63, 3.8) is 0 Å². The van der Waals surface area contributed by atoms with Crippen molar-refractivity contribution >= 4 is 44.4 Å². The Hall–Kier alpha value is -5.67. The van der Waals surface area contributed by atoms with Crippen molar-refractivity contribution in [1.29, 1.82) is 0 Å². The summed E-state index contributed by atoms with van der Waals surface area (Å²) >= 11 is 0. The average Bonchev–Trinajstić information content (AvgIpc) is 3.60. The second-order valence-electron chi connectivity index (χ2n) is 15.2. The predicted octanol–water partition coefficient (Wildman–Crippen LogP) is 12.3. The van der Waals surface area contributed by atoms with Crippen LogP contribution in [-0.4, -0.2) is 9.55 Å². The van der Waals surface area contributed by atoms with Crippen molar-refractivity contribution in [3.05, 3.63) is 168 Å². The van der Waals surface area contributed by atoms with Gasteiger partial charge in [0.2, 0.25) is 0 Å². The Labute approximate surface area is 293 Å². The lowest BCUT2D eigenvalue weighted by Crippen LogP contribution is -2.31. The van der Waals surface area contributed by atoms with Gasteiger partial charge in [0.05, 0.1) is 22.4 Å². The number of benzene rings is 5. The van der Waals surface area contributed by atoms with Crippen molar-refractivity contribution in [3.8, 4) is 16.8 Å². The van der Waals surface area contributed by atoms with Crippen LogP contribution in [0.25, 0.3) is 44.2 Å². The van der Waals surface area contributed by atoms with Crippen molar-refractivity contribution in [1.82, 2.24) is 9.55 Å². The van der Waals surface area contributed by atoms with E-state index in [0.717, 1.165) is 23.9 Å². The van der Waals surface area contributed by atoms with Gasteiger partial charge in [-0.25, -0.2) is 0 Å². The van der Waals surface area contributed by atoms with Crippen molar-refractivity contribution in [2.24, 2.45) is 0 Å². The smallest absolute Gasteiger partial charge is 0.0571 e. The molecule has 0 saturated heterocycles. The molecule has 50 heavy (non-hydrogen) atoms. The van der Waals surface area contributed by atoms with Gasteiger partial charge < -0.3 is 9.47 Å². The van der Waals surface area contributed by atoms with E-state index in [1.165, 1.54) is 72.4 Å². The van der Waals surface area contributed by atoms with Crippen LogP contribution in [0.1, 0.15) is 62.8 Å². The number of pyridine rings is 1. The first-order valence-corrected chi connectivity index (χ1v) is 17.9. The number of anilines is 3. The third kappa shape index (κ3) is 4.01. The van der Waals surface area contributed by atoms with Gasteiger partial charge in [0.15, 0.2) is 0 Å². The molecule has 7 aromatic rings. The maximum absolute atomic E-state index is 4.51. The molecule has 0 bridgehead atoms. The van der Waals surface area contributed by atoms with Crippen LogP contribution in [0.4, 0.5) is 17.1 Å². The molecule has 0 atom stereocenters. The molecule has 5 aromatic carbocycles. The quantitative estimate of drug-likeness (QED) is 0.191. The first kappa shape index (κ1) is 29.3. The zero-order chi connectivity index (χ0) is 33.8. The van der Waals surface area contributed by atoms with E-state index >= 15 is 0 Å². The topological polar surface area (TPSA) is 21.1 Å². The number of hydrogen-bond acceptors (Lipinski definition) is 2. The maximum atomic E-state index is 4.51. The van der Waals surface area contributed by atoms with Gasteiger partial charge in [-0.1, -0.05) is 100 Å². The fourth-order valence-corrected chi connectivity index (χ4v) is 9.20. The molecule has 3 nitrogen and oxygen atoms in total. The zero-order valence-corrected chi connectivity index (χ0v) is 29.0. The molecule has 10 rings (SSSR count). The number of aromatic nitrogens is 2. The molecule has 1 aliphatic heterocycles. The number of rotatable bonds is 3. The summed E-state index contributed by atoms with van der Waals surface area (Å²) in [5, 5.41) is 2.37. The van der Waals surface area contributed by atoms with E-state index in [0.29, 0.717) is 0 Å². The third-order valence-electron chi connectivity index (χ3n) is 11.8. The van der Waals surface area contributed by atoms with Crippen molar-refractivity contribution in [2.75, 3.05) is 4.90 Å². The lowest BCUT2D eigenvalue weighted by atomic mass is 9.71.